The van der Waals surface area contributed by atoms with Crippen molar-refractivity contribution >= 4 is 27.6 Å². The van der Waals surface area contributed by atoms with Crippen LogP contribution in [-0.2, 0) is 14.8 Å². The molecule has 0 spiro atoms. The van der Waals surface area contributed by atoms with Crippen LogP contribution < -0.4 is 9.46 Å². The molecule has 166 valence electrons. The molecule has 0 radical (unpaired) electrons. The van der Waals surface area contributed by atoms with Crippen molar-refractivity contribution in [1.29, 1.82) is 0 Å². The molecular weight excluding hydrogens is 420 g/mol. The first kappa shape index (κ1) is 22.6. The van der Waals surface area contributed by atoms with Crippen LogP contribution in [0, 0.1) is 5.92 Å². The van der Waals surface area contributed by atoms with E-state index < -0.39 is 16.0 Å². The molecule has 0 saturated carbocycles. The van der Waals surface area contributed by atoms with Crippen molar-refractivity contribution in [3.8, 4) is 5.75 Å². The van der Waals surface area contributed by atoms with Crippen LogP contribution in [0.1, 0.15) is 40.5 Å². The number of sulfonamides is 1. The van der Waals surface area contributed by atoms with E-state index in [1.54, 1.807) is 17.0 Å². The third-order valence-electron chi connectivity index (χ3n) is 5.36. The van der Waals surface area contributed by atoms with Gasteiger partial charge in [-0.1, -0.05) is 19.1 Å². The number of esters is 1. The van der Waals surface area contributed by atoms with Crippen LogP contribution >= 0.6 is 0 Å². The van der Waals surface area contributed by atoms with Crippen molar-refractivity contribution in [3.05, 3.63) is 53.6 Å². The number of hydrogen-bond acceptors (Lipinski definition) is 6. The molecule has 1 saturated heterocycles. The summed E-state index contributed by atoms with van der Waals surface area (Å²) in [6.45, 7) is 3.38. The lowest BCUT2D eigenvalue weighted by atomic mass is 9.98. The summed E-state index contributed by atoms with van der Waals surface area (Å²) in [5.41, 5.74) is 0.352. The third-order valence-corrected chi connectivity index (χ3v) is 6.72. The lowest BCUT2D eigenvalue weighted by molar-refractivity contribution is 0.0601. The molecule has 9 heteroatoms. The Balaban J connectivity index is 1.93. The molecule has 31 heavy (non-hydrogen) atoms. The van der Waals surface area contributed by atoms with Gasteiger partial charge < -0.3 is 14.4 Å². The fraction of sp³-hybridized carbons (Fsp3) is 0.364. The van der Waals surface area contributed by atoms with E-state index in [9.17, 15) is 18.0 Å². The number of piperidine rings is 1. The molecule has 1 heterocycles. The summed E-state index contributed by atoms with van der Waals surface area (Å²) in [5, 5.41) is 0. The minimum atomic E-state index is -4.08. The normalized spacial score (nSPS) is 14.7. The number of rotatable bonds is 6. The Morgan fingerprint density at radius 1 is 1.03 bits per heavy atom. The number of nitrogens with zero attached hydrogens (tertiary/aromatic N) is 1. The van der Waals surface area contributed by atoms with E-state index in [0.29, 0.717) is 24.8 Å². The second kappa shape index (κ2) is 9.38. The van der Waals surface area contributed by atoms with Crippen LogP contribution in [-0.4, -0.2) is 52.5 Å². The van der Waals surface area contributed by atoms with E-state index in [4.69, 9.17) is 9.47 Å². The highest BCUT2D eigenvalue weighted by atomic mass is 32.2. The molecule has 3 rings (SSSR count). The number of carbonyl (C=O) groups excluding carboxylic acids is 2. The Labute approximate surface area is 182 Å². The fourth-order valence-electron chi connectivity index (χ4n) is 3.47. The van der Waals surface area contributed by atoms with Crippen LogP contribution in [0.25, 0.3) is 0 Å². The molecule has 1 N–H and O–H groups in total. The van der Waals surface area contributed by atoms with Gasteiger partial charge >= 0.3 is 5.97 Å². The summed E-state index contributed by atoms with van der Waals surface area (Å²) in [4.78, 5) is 26.6. The number of methoxy groups -OCH3 is 2. The summed E-state index contributed by atoms with van der Waals surface area (Å²) in [7, 11) is -1.43. The number of ether oxygens (including phenoxy) is 2. The second-order valence-electron chi connectivity index (χ2n) is 7.48. The van der Waals surface area contributed by atoms with Gasteiger partial charge in [0, 0.05) is 13.1 Å². The van der Waals surface area contributed by atoms with E-state index in [1.807, 2.05) is 0 Å². The number of likely N-dealkylation sites (tertiary alicyclic amines) is 1. The summed E-state index contributed by atoms with van der Waals surface area (Å²) >= 11 is 0. The van der Waals surface area contributed by atoms with Gasteiger partial charge in [-0.25, -0.2) is 13.2 Å². The molecule has 2 aromatic rings. The minimum Gasteiger partial charge on any atom is -0.496 e. The monoisotopic (exact) mass is 446 g/mol. The summed E-state index contributed by atoms with van der Waals surface area (Å²) in [5.74, 6) is -0.0757. The van der Waals surface area contributed by atoms with Crippen LogP contribution in [0.3, 0.4) is 0 Å². The molecule has 1 aliphatic heterocycles. The Hall–Kier alpha value is -3.07. The van der Waals surface area contributed by atoms with Gasteiger partial charge in [0.05, 0.1) is 35.9 Å². The Morgan fingerprint density at radius 3 is 2.35 bits per heavy atom. The topological polar surface area (TPSA) is 102 Å². The van der Waals surface area contributed by atoms with Gasteiger partial charge in [-0.15, -0.1) is 0 Å². The predicted octanol–water partition coefficient (Wildman–Crippen LogP) is 3.15. The van der Waals surface area contributed by atoms with Gasteiger partial charge in [0.15, 0.2) is 0 Å². The highest BCUT2D eigenvalue weighted by Crippen LogP contribution is 2.28. The quantitative estimate of drug-likeness (QED) is 0.684. The second-order valence-corrected chi connectivity index (χ2v) is 9.16. The maximum atomic E-state index is 13.1. The van der Waals surface area contributed by atoms with Crippen LogP contribution in [0.4, 0.5) is 5.69 Å². The van der Waals surface area contributed by atoms with Crippen molar-refractivity contribution in [2.45, 2.75) is 24.7 Å². The van der Waals surface area contributed by atoms with E-state index in [0.717, 1.165) is 12.8 Å². The molecule has 2 aromatic carbocycles. The van der Waals surface area contributed by atoms with Gasteiger partial charge in [-0.2, -0.15) is 0 Å². The Bertz CT molecular complexity index is 1080. The van der Waals surface area contributed by atoms with Gasteiger partial charge in [-0.05, 0) is 49.1 Å². The van der Waals surface area contributed by atoms with Crippen molar-refractivity contribution in [2.75, 3.05) is 32.0 Å². The number of carbonyl (C=O) groups is 2. The van der Waals surface area contributed by atoms with Gasteiger partial charge in [-0.3, -0.25) is 9.52 Å². The first-order valence-corrected chi connectivity index (χ1v) is 11.4. The van der Waals surface area contributed by atoms with Crippen molar-refractivity contribution < 1.29 is 27.5 Å². The zero-order chi connectivity index (χ0) is 22.6. The third kappa shape index (κ3) is 4.99. The number of nitrogens with one attached hydrogen (secondary N) is 1. The summed E-state index contributed by atoms with van der Waals surface area (Å²) in [6.07, 6.45) is 1.80. The number of amides is 1. The van der Waals surface area contributed by atoms with Crippen molar-refractivity contribution in [2.24, 2.45) is 5.92 Å². The minimum absolute atomic E-state index is 0.0841. The highest BCUT2D eigenvalue weighted by molar-refractivity contribution is 7.92. The largest absolute Gasteiger partial charge is 0.496 e. The zero-order valence-electron chi connectivity index (χ0n) is 17.8. The number of anilines is 1. The van der Waals surface area contributed by atoms with Crippen molar-refractivity contribution in [1.82, 2.24) is 4.90 Å². The lowest BCUT2D eigenvalue weighted by Gasteiger charge is -2.30. The van der Waals surface area contributed by atoms with Gasteiger partial charge in [0.1, 0.15) is 5.75 Å². The standard InChI is InChI=1S/C22H26N2O6S/c1-15-10-12-24(13-11-15)21(25)18-14-16(8-9-20(18)29-2)31(27,28)23-19-7-5-4-6-17(19)22(26)30-3/h4-9,14-15,23H,10-13H2,1-3H3. The zero-order valence-corrected chi connectivity index (χ0v) is 18.6. The number of hydrogen-bond donors (Lipinski definition) is 1. The SMILES string of the molecule is COC(=O)c1ccccc1NS(=O)(=O)c1ccc(OC)c(C(=O)N2CCC(C)CC2)c1. The summed E-state index contributed by atoms with van der Waals surface area (Å²) in [6, 6.07) is 10.3. The molecule has 0 bridgehead atoms. The molecule has 8 nitrogen and oxygen atoms in total. The van der Waals surface area contributed by atoms with E-state index in [-0.39, 0.29) is 27.6 Å². The molecule has 0 atom stereocenters. The van der Waals surface area contributed by atoms with Crippen LogP contribution in [0.15, 0.2) is 47.4 Å². The van der Waals surface area contributed by atoms with E-state index in [2.05, 4.69) is 11.6 Å². The van der Waals surface area contributed by atoms with E-state index in [1.165, 1.54) is 44.6 Å². The van der Waals surface area contributed by atoms with Gasteiger partial charge in [0.25, 0.3) is 15.9 Å². The number of benzene rings is 2. The van der Waals surface area contributed by atoms with Gasteiger partial charge in [0.2, 0.25) is 0 Å². The average Bonchev–Trinajstić information content (AvgIpc) is 2.78. The van der Waals surface area contributed by atoms with Crippen LogP contribution in [0.5, 0.6) is 5.75 Å². The molecule has 0 aromatic heterocycles. The lowest BCUT2D eigenvalue weighted by Crippen LogP contribution is -2.38. The van der Waals surface area contributed by atoms with Crippen LogP contribution in [0.2, 0.25) is 0 Å². The molecular formula is C22H26N2O6S. The Kier molecular flexibility index (Phi) is 6.84. The molecule has 1 fully saturated rings. The summed E-state index contributed by atoms with van der Waals surface area (Å²) < 4.78 is 38.5. The maximum Gasteiger partial charge on any atom is 0.339 e. The number of para-hydroxylation sites is 1. The molecule has 0 aliphatic carbocycles. The smallest absolute Gasteiger partial charge is 0.339 e. The molecule has 1 aliphatic rings. The highest BCUT2D eigenvalue weighted by Gasteiger charge is 2.26. The Morgan fingerprint density at radius 2 is 1.71 bits per heavy atom. The van der Waals surface area contributed by atoms with Crippen molar-refractivity contribution in [3.63, 3.8) is 0 Å². The molecule has 0 unspecified atom stereocenters. The van der Waals surface area contributed by atoms with E-state index >= 15 is 0 Å². The average molecular weight is 447 g/mol. The maximum absolute atomic E-state index is 13.1. The predicted molar refractivity (Wildman–Crippen MR) is 116 cm³/mol. The fourth-order valence-corrected chi connectivity index (χ4v) is 4.57. The molecule has 1 amide bonds. The first-order valence-electron chi connectivity index (χ1n) is 9.94. The first-order chi connectivity index (χ1) is 14.8.